The summed E-state index contributed by atoms with van der Waals surface area (Å²) in [6, 6.07) is 4.38. The van der Waals surface area contributed by atoms with Crippen LogP contribution in [0.4, 0.5) is 18.9 Å². The van der Waals surface area contributed by atoms with Crippen molar-refractivity contribution in [2.45, 2.75) is 37.5 Å². The van der Waals surface area contributed by atoms with Crippen LogP contribution < -0.4 is 10.0 Å². The molecule has 9 heteroatoms. The Bertz CT molecular complexity index is 746. The molecule has 1 fully saturated rings. The van der Waals surface area contributed by atoms with E-state index in [0.29, 0.717) is 11.2 Å². The molecule has 1 saturated carbocycles. The summed E-state index contributed by atoms with van der Waals surface area (Å²) in [6.45, 7) is 0. The standard InChI is InChI=1S/C15H16F3N5S/c16-15(17,18)2-4-24-23-11-5-10(6-11)22-13-9(7-19)8-21-14-12(13)1-3-20-14/h1,3,8,10-11,23H,2,4-6H2,(H2,20,21,22). The van der Waals surface area contributed by atoms with Crippen LogP contribution in [0, 0.1) is 11.3 Å². The predicted molar refractivity (Wildman–Crippen MR) is 87.5 cm³/mol. The van der Waals surface area contributed by atoms with E-state index >= 15 is 0 Å². The van der Waals surface area contributed by atoms with E-state index in [0.717, 1.165) is 35.9 Å². The molecule has 1 aliphatic rings. The van der Waals surface area contributed by atoms with Gasteiger partial charge in [0.1, 0.15) is 11.7 Å². The molecule has 128 valence electrons. The van der Waals surface area contributed by atoms with E-state index < -0.39 is 12.6 Å². The highest BCUT2D eigenvalue weighted by Crippen LogP contribution is 2.31. The molecule has 5 nitrogen and oxygen atoms in total. The summed E-state index contributed by atoms with van der Waals surface area (Å²) in [5, 5.41) is 13.5. The van der Waals surface area contributed by atoms with Gasteiger partial charge in [-0.25, -0.2) is 4.98 Å². The number of nitriles is 1. The fourth-order valence-electron chi connectivity index (χ4n) is 2.63. The number of halogens is 3. The van der Waals surface area contributed by atoms with Gasteiger partial charge in [0, 0.05) is 35.6 Å². The average Bonchev–Trinajstić information content (AvgIpc) is 2.96. The summed E-state index contributed by atoms with van der Waals surface area (Å²) in [4.78, 5) is 7.19. The third-order valence-corrected chi connectivity index (χ3v) is 4.84. The largest absolute Gasteiger partial charge is 0.389 e. The molecule has 0 atom stereocenters. The van der Waals surface area contributed by atoms with Gasteiger partial charge in [0.2, 0.25) is 0 Å². The SMILES string of the molecule is N#Cc1cnc2[nH]ccc2c1NC1CC(NSCCC(F)(F)F)C1. The van der Waals surface area contributed by atoms with Crippen molar-refractivity contribution in [1.29, 1.82) is 5.26 Å². The van der Waals surface area contributed by atoms with E-state index in [9.17, 15) is 18.4 Å². The zero-order valence-corrected chi connectivity index (χ0v) is 13.5. The van der Waals surface area contributed by atoms with Crippen LogP contribution in [0.25, 0.3) is 11.0 Å². The second kappa shape index (κ2) is 6.91. The zero-order chi connectivity index (χ0) is 17.2. The molecule has 24 heavy (non-hydrogen) atoms. The molecule has 2 aromatic rings. The number of pyridine rings is 1. The number of anilines is 1. The number of nitrogens with one attached hydrogen (secondary N) is 3. The van der Waals surface area contributed by atoms with Gasteiger partial charge in [0.05, 0.1) is 17.7 Å². The van der Waals surface area contributed by atoms with E-state index in [1.54, 1.807) is 6.20 Å². The lowest BCUT2D eigenvalue weighted by Gasteiger charge is -2.37. The normalized spacial score (nSPS) is 20.6. The molecule has 0 radical (unpaired) electrons. The topological polar surface area (TPSA) is 76.5 Å². The number of hydrogen-bond donors (Lipinski definition) is 3. The first-order chi connectivity index (χ1) is 11.5. The van der Waals surface area contributed by atoms with Gasteiger partial charge < -0.3 is 10.3 Å². The highest BCUT2D eigenvalue weighted by Gasteiger charge is 2.31. The summed E-state index contributed by atoms with van der Waals surface area (Å²) < 4.78 is 39.3. The summed E-state index contributed by atoms with van der Waals surface area (Å²) in [6.07, 6.45) is 0.0215. The van der Waals surface area contributed by atoms with Crippen molar-refractivity contribution in [2.75, 3.05) is 11.1 Å². The van der Waals surface area contributed by atoms with Crippen LogP contribution in [0.2, 0.25) is 0 Å². The van der Waals surface area contributed by atoms with Crippen LogP contribution in [0.5, 0.6) is 0 Å². The third kappa shape index (κ3) is 3.94. The van der Waals surface area contributed by atoms with Crippen LogP contribution in [0.3, 0.4) is 0 Å². The van der Waals surface area contributed by atoms with Gasteiger partial charge in [-0.05, 0) is 18.9 Å². The van der Waals surface area contributed by atoms with E-state index in [4.69, 9.17) is 0 Å². The van der Waals surface area contributed by atoms with Gasteiger partial charge in [0.15, 0.2) is 0 Å². The minimum Gasteiger partial charge on any atom is -0.380 e. The molecule has 0 bridgehead atoms. The Morgan fingerprint density at radius 1 is 1.38 bits per heavy atom. The van der Waals surface area contributed by atoms with Gasteiger partial charge in [-0.15, -0.1) is 0 Å². The second-order valence-corrected chi connectivity index (χ2v) is 6.67. The second-order valence-electron chi connectivity index (χ2n) is 5.74. The van der Waals surface area contributed by atoms with E-state index in [2.05, 4.69) is 26.1 Å². The molecule has 0 spiro atoms. The minimum atomic E-state index is -4.10. The molecule has 2 aromatic heterocycles. The van der Waals surface area contributed by atoms with Gasteiger partial charge in [0.25, 0.3) is 0 Å². The quantitative estimate of drug-likeness (QED) is 0.546. The van der Waals surface area contributed by atoms with E-state index in [1.165, 1.54) is 6.20 Å². The molecule has 0 saturated heterocycles. The van der Waals surface area contributed by atoms with E-state index in [-0.39, 0.29) is 17.8 Å². The predicted octanol–water partition coefficient (Wildman–Crippen LogP) is 3.57. The maximum Gasteiger partial charge on any atom is 0.389 e. The number of aromatic amines is 1. The molecule has 3 rings (SSSR count). The molecule has 2 heterocycles. The summed E-state index contributed by atoms with van der Waals surface area (Å²) >= 11 is 1.12. The molecule has 1 aliphatic carbocycles. The molecule has 0 unspecified atom stereocenters. The number of fused-ring (bicyclic) bond motifs is 1. The van der Waals surface area contributed by atoms with Gasteiger partial charge >= 0.3 is 6.18 Å². The molecule has 0 amide bonds. The number of aromatic nitrogens is 2. The molecule has 0 aliphatic heterocycles. The summed E-state index contributed by atoms with van der Waals surface area (Å²) in [7, 11) is 0. The lowest BCUT2D eigenvalue weighted by molar-refractivity contribution is -0.129. The smallest absolute Gasteiger partial charge is 0.380 e. The zero-order valence-electron chi connectivity index (χ0n) is 12.7. The fourth-order valence-corrected chi connectivity index (χ4v) is 3.51. The average molecular weight is 355 g/mol. The number of hydrogen-bond acceptors (Lipinski definition) is 5. The van der Waals surface area contributed by atoms with Gasteiger partial charge in [-0.1, -0.05) is 11.9 Å². The van der Waals surface area contributed by atoms with Crippen molar-refractivity contribution in [2.24, 2.45) is 0 Å². The van der Waals surface area contributed by atoms with Crippen LogP contribution in [-0.4, -0.2) is 34.0 Å². The summed E-state index contributed by atoms with van der Waals surface area (Å²) in [5.41, 5.74) is 1.96. The van der Waals surface area contributed by atoms with Crippen LogP contribution in [-0.2, 0) is 0 Å². The minimum absolute atomic E-state index is 0.0189. The van der Waals surface area contributed by atoms with Crippen molar-refractivity contribution in [1.82, 2.24) is 14.7 Å². The number of alkyl halides is 3. The van der Waals surface area contributed by atoms with Crippen LogP contribution in [0.15, 0.2) is 18.5 Å². The number of H-pyrrole nitrogens is 1. The monoisotopic (exact) mass is 355 g/mol. The van der Waals surface area contributed by atoms with Crippen LogP contribution >= 0.6 is 11.9 Å². The van der Waals surface area contributed by atoms with Gasteiger partial charge in [-0.2, -0.15) is 18.4 Å². The first kappa shape index (κ1) is 16.9. The Hall–Kier alpha value is -1.92. The lowest BCUT2D eigenvalue weighted by Crippen LogP contribution is -2.45. The molecule has 3 N–H and O–H groups in total. The van der Waals surface area contributed by atoms with E-state index in [1.807, 2.05) is 6.07 Å². The highest BCUT2D eigenvalue weighted by atomic mass is 32.2. The maximum absolute atomic E-state index is 12.1. The Morgan fingerprint density at radius 3 is 2.88 bits per heavy atom. The van der Waals surface area contributed by atoms with Crippen molar-refractivity contribution in [3.05, 3.63) is 24.0 Å². The Morgan fingerprint density at radius 2 is 2.17 bits per heavy atom. The number of nitrogens with zero attached hydrogens (tertiary/aromatic N) is 2. The van der Waals surface area contributed by atoms with Crippen molar-refractivity contribution < 1.29 is 13.2 Å². The van der Waals surface area contributed by atoms with Crippen LogP contribution in [0.1, 0.15) is 24.8 Å². The Kier molecular flexibility index (Phi) is 4.87. The molecular weight excluding hydrogens is 339 g/mol. The third-order valence-electron chi connectivity index (χ3n) is 3.93. The summed E-state index contributed by atoms with van der Waals surface area (Å²) in [5.74, 6) is 0.0189. The first-order valence-corrected chi connectivity index (χ1v) is 8.51. The molecule has 0 aromatic carbocycles. The first-order valence-electron chi connectivity index (χ1n) is 7.53. The van der Waals surface area contributed by atoms with Crippen molar-refractivity contribution >= 4 is 28.7 Å². The van der Waals surface area contributed by atoms with Gasteiger partial charge in [-0.3, -0.25) is 4.72 Å². The Labute approximate surface area is 141 Å². The number of rotatable bonds is 6. The fraction of sp³-hybridized carbons (Fsp3) is 0.467. The highest BCUT2D eigenvalue weighted by molar-refractivity contribution is 7.97. The Balaban J connectivity index is 1.50. The lowest BCUT2D eigenvalue weighted by atomic mass is 9.87. The maximum atomic E-state index is 12.1. The van der Waals surface area contributed by atoms with Crippen molar-refractivity contribution in [3.63, 3.8) is 0 Å². The molecular formula is C15H16F3N5S. The van der Waals surface area contributed by atoms with Crippen molar-refractivity contribution in [3.8, 4) is 6.07 Å².